The number of hydrogen-bond acceptors (Lipinski definition) is 5. The number of carbonyl (C=O) groups is 2. The van der Waals surface area contributed by atoms with Gasteiger partial charge in [-0.25, -0.2) is 14.0 Å². The van der Waals surface area contributed by atoms with Crippen LogP contribution in [0.25, 0.3) is 11.3 Å². The van der Waals surface area contributed by atoms with Crippen LogP contribution in [0.2, 0.25) is 0 Å². The molecule has 2 N–H and O–H groups in total. The Hall–Kier alpha value is -3.23. The van der Waals surface area contributed by atoms with Crippen LogP contribution in [0, 0.1) is 5.82 Å². The van der Waals surface area contributed by atoms with E-state index in [1.807, 2.05) is 0 Å². The van der Waals surface area contributed by atoms with Gasteiger partial charge in [-0.15, -0.1) is 0 Å². The van der Waals surface area contributed by atoms with Gasteiger partial charge in [-0.1, -0.05) is 0 Å². The van der Waals surface area contributed by atoms with Gasteiger partial charge in [0.1, 0.15) is 11.5 Å². The van der Waals surface area contributed by atoms with Crippen molar-refractivity contribution in [3.63, 3.8) is 0 Å². The number of amides is 2. The van der Waals surface area contributed by atoms with Gasteiger partial charge in [-0.2, -0.15) is 4.98 Å². The van der Waals surface area contributed by atoms with Crippen molar-refractivity contribution < 1.29 is 18.7 Å². The SMILES string of the molecule is CCOC(=O)N1CCC(NC(=O)c2cc(-c3ccc(F)cc3)nc(=O)[nH]2)CC1. The lowest BCUT2D eigenvalue weighted by atomic mass is 10.1. The molecule has 2 amide bonds. The monoisotopic (exact) mass is 388 g/mol. The first-order valence-electron chi connectivity index (χ1n) is 9.06. The Labute approximate surface area is 160 Å². The number of benzene rings is 1. The van der Waals surface area contributed by atoms with Crippen molar-refractivity contribution in [2.45, 2.75) is 25.8 Å². The van der Waals surface area contributed by atoms with E-state index in [0.29, 0.717) is 38.1 Å². The van der Waals surface area contributed by atoms with Crippen molar-refractivity contribution >= 4 is 12.0 Å². The molecular weight excluding hydrogens is 367 g/mol. The zero-order chi connectivity index (χ0) is 20.1. The van der Waals surface area contributed by atoms with Crippen LogP contribution in [0.5, 0.6) is 0 Å². The third-order valence-corrected chi connectivity index (χ3v) is 4.49. The number of carbonyl (C=O) groups excluding carboxylic acids is 2. The van der Waals surface area contributed by atoms with Gasteiger partial charge in [0.15, 0.2) is 0 Å². The van der Waals surface area contributed by atoms with Crippen LogP contribution >= 0.6 is 0 Å². The summed E-state index contributed by atoms with van der Waals surface area (Å²) in [4.78, 5) is 44.0. The molecule has 0 saturated carbocycles. The lowest BCUT2D eigenvalue weighted by Gasteiger charge is -2.31. The molecule has 2 aromatic rings. The molecule has 2 heterocycles. The predicted octanol–water partition coefficient (Wildman–Crippen LogP) is 1.93. The van der Waals surface area contributed by atoms with Crippen LogP contribution in [-0.2, 0) is 4.74 Å². The first kappa shape index (κ1) is 19.5. The molecule has 1 aliphatic heterocycles. The molecule has 9 heteroatoms. The number of aromatic amines is 1. The lowest BCUT2D eigenvalue weighted by molar-refractivity contribution is 0.0856. The summed E-state index contributed by atoms with van der Waals surface area (Å²) >= 11 is 0. The number of nitrogens with one attached hydrogen (secondary N) is 2. The van der Waals surface area contributed by atoms with E-state index in [9.17, 15) is 18.8 Å². The minimum Gasteiger partial charge on any atom is -0.450 e. The Morgan fingerprint density at radius 2 is 1.96 bits per heavy atom. The number of nitrogens with zero attached hydrogens (tertiary/aromatic N) is 2. The van der Waals surface area contributed by atoms with Gasteiger partial charge in [0.25, 0.3) is 5.91 Å². The summed E-state index contributed by atoms with van der Waals surface area (Å²) in [5.41, 5.74) is 0.228. The first-order chi connectivity index (χ1) is 13.5. The number of hydrogen-bond donors (Lipinski definition) is 2. The smallest absolute Gasteiger partial charge is 0.409 e. The molecule has 0 spiro atoms. The van der Waals surface area contributed by atoms with Gasteiger partial charge in [0, 0.05) is 24.7 Å². The van der Waals surface area contributed by atoms with Crippen molar-refractivity contribution in [2.24, 2.45) is 0 Å². The number of aromatic nitrogens is 2. The van der Waals surface area contributed by atoms with Gasteiger partial charge in [0.2, 0.25) is 0 Å². The van der Waals surface area contributed by atoms with E-state index >= 15 is 0 Å². The highest BCUT2D eigenvalue weighted by molar-refractivity contribution is 5.93. The van der Waals surface area contributed by atoms with Crippen LogP contribution in [-0.4, -0.2) is 52.6 Å². The van der Waals surface area contributed by atoms with Crippen molar-refractivity contribution in [1.29, 1.82) is 0 Å². The Morgan fingerprint density at radius 1 is 1.29 bits per heavy atom. The normalized spacial score (nSPS) is 14.6. The molecule has 1 aliphatic rings. The van der Waals surface area contributed by atoms with E-state index < -0.39 is 17.4 Å². The fraction of sp³-hybridized carbons (Fsp3) is 0.368. The molecule has 28 heavy (non-hydrogen) atoms. The molecule has 0 aliphatic carbocycles. The second kappa shape index (κ2) is 8.64. The fourth-order valence-electron chi connectivity index (χ4n) is 3.03. The summed E-state index contributed by atoms with van der Waals surface area (Å²) in [6, 6.07) is 6.83. The van der Waals surface area contributed by atoms with E-state index in [4.69, 9.17) is 4.74 Å². The van der Waals surface area contributed by atoms with Crippen LogP contribution < -0.4 is 11.0 Å². The van der Waals surface area contributed by atoms with Crippen molar-refractivity contribution in [2.75, 3.05) is 19.7 Å². The van der Waals surface area contributed by atoms with E-state index in [-0.39, 0.29) is 23.5 Å². The van der Waals surface area contributed by atoms with Crippen molar-refractivity contribution in [3.05, 3.63) is 52.3 Å². The molecular formula is C19H21FN4O4. The molecule has 8 nitrogen and oxygen atoms in total. The number of likely N-dealkylation sites (tertiary alicyclic amines) is 1. The number of H-pyrrole nitrogens is 1. The molecule has 0 unspecified atom stereocenters. The van der Waals surface area contributed by atoms with Gasteiger partial charge >= 0.3 is 11.8 Å². The zero-order valence-electron chi connectivity index (χ0n) is 15.4. The molecule has 1 aromatic heterocycles. The summed E-state index contributed by atoms with van der Waals surface area (Å²) in [6.07, 6.45) is 0.824. The van der Waals surface area contributed by atoms with E-state index in [0.717, 1.165) is 0 Å². The third-order valence-electron chi connectivity index (χ3n) is 4.49. The highest BCUT2D eigenvalue weighted by Crippen LogP contribution is 2.17. The minimum absolute atomic E-state index is 0.0761. The summed E-state index contributed by atoms with van der Waals surface area (Å²) in [5.74, 6) is -0.835. The van der Waals surface area contributed by atoms with E-state index in [2.05, 4.69) is 15.3 Å². The highest BCUT2D eigenvalue weighted by atomic mass is 19.1. The van der Waals surface area contributed by atoms with Crippen LogP contribution in [0.3, 0.4) is 0 Å². The third kappa shape index (κ3) is 4.73. The second-order valence-electron chi connectivity index (χ2n) is 6.43. The maximum Gasteiger partial charge on any atom is 0.409 e. The summed E-state index contributed by atoms with van der Waals surface area (Å²) in [5, 5.41) is 2.87. The number of rotatable bonds is 4. The van der Waals surface area contributed by atoms with Gasteiger partial charge < -0.3 is 19.9 Å². The minimum atomic E-state index is -0.663. The average Bonchev–Trinajstić information content (AvgIpc) is 2.69. The van der Waals surface area contributed by atoms with E-state index in [1.54, 1.807) is 11.8 Å². The molecule has 1 aromatic carbocycles. The number of ether oxygens (including phenoxy) is 1. The average molecular weight is 388 g/mol. The van der Waals surface area contributed by atoms with Crippen molar-refractivity contribution in [1.82, 2.24) is 20.2 Å². The second-order valence-corrected chi connectivity index (χ2v) is 6.43. The highest BCUT2D eigenvalue weighted by Gasteiger charge is 2.25. The predicted molar refractivity (Wildman–Crippen MR) is 99.3 cm³/mol. The Kier molecular flexibility index (Phi) is 6.03. The maximum atomic E-state index is 13.1. The van der Waals surface area contributed by atoms with Crippen molar-refractivity contribution in [3.8, 4) is 11.3 Å². The van der Waals surface area contributed by atoms with Crippen LogP contribution in [0.15, 0.2) is 35.1 Å². The lowest BCUT2D eigenvalue weighted by Crippen LogP contribution is -2.47. The molecule has 0 radical (unpaired) electrons. The number of halogens is 1. The molecule has 3 rings (SSSR count). The first-order valence-corrected chi connectivity index (χ1v) is 9.06. The van der Waals surface area contributed by atoms with Gasteiger partial charge in [-0.05, 0) is 50.1 Å². The summed E-state index contributed by atoms with van der Waals surface area (Å²) < 4.78 is 18.1. The Morgan fingerprint density at radius 3 is 2.61 bits per heavy atom. The Balaban J connectivity index is 1.66. The van der Waals surface area contributed by atoms with Gasteiger partial charge in [0.05, 0.1) is 12.3 Å². The molecule has 148 valence electrons. The largest absolute Gasteiger partial charge is 0.450 e. The zero-order valence-corrected chi connectivity index (χ0v) is 15.4. The summed E-state index contributed by atoms with van der Waals surface area (Å²) in [6.45, 7) is 3.04. The fourth-order valence-corrected chi connectivity index (χ4v) is 3.03. The Bertz CT molecular complexity index is 905. The van der Waals surface area contributed by atoms with Crippen LogP contribution in [0.1, 0.15) is 30.3 Å². The van der Waals surface area contributed by atoms with Crippen LogP contribution in [0.4, 0.5) is 9.18 Å². The quantitative estimate of drug-likeness (QED) is 0.833. The van der Waals surface area contributed by atoms with E-state index in [1.165, 1.54) is 30.3 Å². The summed E-state index contributed by atoms with van der Waals surface area (Å²) in [7, 11) is 0. The topological polar surface area (TPSA) is 104 Å². The molecule has 0 bridgehead atoms. The molecule has 1 saturated heterocycles. The molecule has 1 fully saturated rings. The standard InChI is InChI=1S/C19H21FN4O4/c1-2-28-19(27)24-9-7-14(8-10-24)21-17(25)16-11-15(22-18(26)23-16)12-3-5-13(20)6-4-12/h3-6,11,14H,2,7-10H2,1H3,(H,21,25)(H,22,23,26). The maximum absolute atomic E-state index is 13.1. The number of piperidine rings is 1. The van der Waals surface area contributed by atoms with Gasteiger partial charge in [-0.3, -0.25) is 4.79 Å². The molecule has 0 atom stereocenters.